The Morgan fingerprint density at radius 2 is 1.64 bits per heavy atom. The van der Waals surface area contributed by atoms with Crippen molar-refractivity contribution in [3.8, 4) is 0 Å². The van der Waals surface area contributed by atoms with E-state index in [1.807, 2.05) is 0 Å². The maximum absolute atomic E-state index is 3.50. The van der Waals surface area contributed by atoms with Crippen LogP contribution in [0.5, 0.6) is 0 Å². The second kappa shape index (κ2) is 7.24. The van der Waals surface area contributed by atoms with Crippen LogP contribution in [0.2, 0.25) is 0 Å². The summed E-state index contributed by atoms with van der Waals surface area (Å²) in [5, 5.41) is 6.82. The van der Waals surface area contributed by atoms with Gasteiger partial charge in [0, 0.05) is 19.6 Å². The van der Waals surface area contributed by atoms with Crippen molar-refractivity contribution in [1.29, 1.82) is 0 Å². The smallest absolute Gasteiger partial charge is 0.00769 e. The molecular weight excluding hydrogens is 172 g/mol. The highest BCUT2D eigenvalue weighted by Crippen LogP contribution is 2.23. The van der Waals surface area contributed by atoms with Gasteiger partial charge in [0.15, 0.2) is 0 Å². The number of rotatable bonds is 8. The Labute approximate surface area is 89.9 Å². The molecule has 2 N–H and O–H groups in total. The molecule has 0 aliphatic rings. The lowest BCUT2D eigenvalue weighted by atomic mass is 9.84. The lowest BCUT2D eigenvalue weighted by Gasteiger charge is -2.27. The van der Waals surface area contributed by atoms with Crippen LogP contribution >= 0.6 is 0 Å². The van der Waals surface area contributed by atoms with Crippen LogP contribution in [-0.2, 0) is 0 Å². The fraction of sp³-hybridized carbons (Fsp3) is 1.00. The minimum Gasteiger partial charge on any atom is -0.316 e. The van der Waals surface area contributed by atoms with Crippen molar-refractivity contribution in [2.45, 2.75) is 41.0 Å². The summed E-state index contributed by atoms with van der Waals surface area (Å²) in [6.07, 6.45) is 1.29. The van der Waals surface area contributed by atoms with E-state index in [9.17, 15) is 0 Å². The molecule has 0 amide bonds. The highest BCUT2D eigenvalue weighted by molar-refractivity contribution is 4.73. The molecule has 0 atom stereocenters. The largest absolute Gasteiger partial charge is 0.316 e. The second-order valence-corrected chi connectivity index (χ2v) is 5.29. The van der Waals surface area contributed by atoms with E-state index in [2.05, 4.69) is 45.3 Å². The van der Waals surface area contributed by atoms with E-state index in [1.54, 1.807) is 0 Å². The second-order valence-electron chi connectivity index (χ2n) is 5.29. The number of hydrogen-bond acceptors (Lipinski definition) is 2. The van der Waals surface area contributed by atoms with E-state index < -0.39 is 0 Å². The van der Waals surface area contributed by atoms with Crippen LogP contribution in [-0.4, -0.2) is 26.2 Å². The summed E-state index contributed by atoms with van der Waals surface area (Å²) in [7, 11) is 0. The zero-order chi connectivity index (χ0) is 11.0. The molecular formula is C12H28N2. The van der Waals surface area contributed by atoms with Gasteiger partial charge in [-0.3, -0.25) is 0 Å². The summed E-state index contributed by atoms with van der Waals surface area (Å²) in [6.45, 7) is 15.8. The van der Waals surface area contributed by atoms with Crippen LogP contribution in [0, 0.1) is 11.3 Å². The molecule has 0 aromatic heterocycles. The quantitative estimate of drug-likeness (QED) is 0.587. The van der Waals surface area contributed by atoms with Crippen molar-refractivity contribution >= 4 is 0 Å². The van der Waals surface area contributed by atoms with Crippen LogP contribution in [0.3, 0.4) is 0 Å². The molecule has 0 radical (unpaired) electrons. The Bertz CT molecular complexity index is 130. The zero-order valence-electron chi connectivity index (χ0n) is 10.6. The van der Waals surface area contributed by atoms with Gasteiger partial charge in [0.1, 0.15) is 0 Å². The fourth-order valence-corrected chi connectivity index (χ4v) is 1.96. The van der Waals surface area contributed by atoms with Gasteiger partial charge in [0.25, 0.3) is 0 Å². The van der Waals surface area contributed by atoms with Crippen LogP contribution in [0.15, 0.2) is 0 Å². The van der Waals surface area contributed by atoms with Gasteiger partial charge in [0.2, 0.25) is 0 Å². The summed E-state index contributed by atoms with van der Waals surface area (Å²) in [5.74, 6) is 0.792. The first-order valence-electron chi connectivity index (χ1n) is 5.89. The molecule has 0 unspecified atom stereocenters. The van der Waals surface area contributed by atoms with Gasteiger partial charge in [-0.1, -0.05) is 34.6 Å². The van der Waals surface area contributed by atoms with E-state index >= 15 is 0 Å². The van der Waals surface area contributed by atoms with Crippen molar-refractivity contribution in [3.05, 3.63) is 0 Å². The predicted octanol–water partition coefficient (Wildman–Crippen LogP) is 2.26. The topological polar surface area (TPSA) is 24.1 Å². The van der Waals surface area contributed by atoms with E-state index in [0.717, 1.165) is 32.1 Å². The van der Waals surface area contributed by atoms with Gasteiger partial charge in [-0.25, -0.2) is 0 Å². The Morgan fingerprint density at radius 1 is 1.07 bits per heavy atom. The number of likely N-dealkylation sites (N-methyl/N-ethyl adjacent to an activating group) is 1. The molecule has 86 valence electrons. The summed E-state index contributed by atoms with van der Waals surface area (Å²) in [5.41, 5.74) is 0.431. The third-order valence-corrected chi connectivity index (χ3v) is 2.29. The first kappa shape index (κ1) is 13.9. The number of nitrogens with one attached hydrogen (secondary N) is 2. The summed E-state index contributed by atoms with van der Waals surface area (Å²) in [4.78, 5) is 0. The third kappa shape index (κ3) is 8.52. The molecule has 14 heavy (non-hydrogen) atoms. The minimum absolute atomic E-state index is 0.431. The van der Waals surface area contributed by atoms with Crippen LogP contribution in [0.1, 0.15) is 41.0 Å². The van der Waals surface area contributed by atoms with Crippen LogP contribution in [0.4, 0.5) is 0 Å². The van der Waals surface area contributed by atoms with E-state index in [-0.39, 0.29) is 0 Å². The third-order valence-electron chi connectivity index (χ3n) is 2.29. The molecule has 2 heteroatoms. The van der Waals surface area contributed by atoms with E-state index in [4.69, 9.17) is 0 Å². The van der Waals surface area contributed by atoms with Crippen molar-refractivity contribution < 1.29 is 0 Å². The summed E-state index contributed by atoms with van der Waals surface area (Å²) < 4.78 is 0. The molecule has 2 nitrogen and oxygen atoms in total. The van der Waals surface area contributed by atoms with Crippen LogP contribution < -0.4 is 10.6 Å². The van der Waals surface area contributed by atoms with E-state index in [0.29, 0.717) is 5.41 Å². The van der Waals surface area contributed by atoms with E-state index in [1.165, 1.54) is 6.42 Å². The average Bonchev–Trinajstić information content (AvgIpc) is 2.01. The molecule has 0 fully saturated rings. The average molecular weight is 200 g/mol. The molecule has 0 saturated carbocycles. The van der Waals surface area contributed by atoms with Crippen molar-refractivity contribution in [2.75, 3.05) is 26.2 Å². The van der Waals surface area contributed by atoms with Gasteiger partial charge in [-0.15, -0.1) is 0 Å². The highest BCUT2D eigenvalue weighted by atomic mass is 14.9. The molecule has 0 aromatic rings. The van der Waals surface area contributed by atoms with Gasteiger partial charge in [-0.2, -0.15) is 0 Å². The lowest BCUT2D eigenvalue weighted by molar-refractivity contribution is 0.274. The Hall–Kier alpha value is -0.0800. The Balaban J connectivity index is 3.45. The molecule has 0 saturated heterocycles. The summed E-state index contributed by atoms with van der Waals surface area (Å²) >= 11 is 0. The molecule has 0 aliphatic heterocycles. The number of hydrogen-bond donors (Lipinski definition) is 2. The van der Waals surface area contributed by atoms with Gasteiger partial charge >= 0.3 is 0 Å². The molecule has 0 spiro atoms. The van der Waals surface area contributed by atoms with Gasteiger partial charge in [0.05, 0.1) is 0 Å². The fourth-order valence-electron chi connectivity index (χ4n) is 1.96. The van der Waals surface area contributed by atoms with Crippen LogP contribution in [0.25, 0.3) is 0 Å². The maximum Gasteiger partial charge on any atom is 0.00769 e. The Morgan fingerprint density at radius 3 is 2.14 bits per heavy atom. The van der Waals surface area contributed by atoms with Gasteiger partial charge in [-0.05, 0) is 24.3 Å². The van der Waals surface area contributed by atoms with Crippen molar-refractivity contribution in [3.63, 3.8) is 0 Å². The SMILES string of the molecule is CCNCCNCC(C)(C)CC(C)C. The summed E-state index contributed by atoms with van der Waals surface area (Å²) in [6, 6.07) is 0. The molecule has 0 rings (SSSR count). The molecule has 0 bridgehead atoms. The minimum atomic E-state index is 0.431. The molecule has 0 heterocycles. The van der Waals surface area contributed by atoms with Crippen molar-refractivity contribution in [2.24, 2.45) is 11.3 Å². The lowest BCUT2D eigenvalue weighted by Crippen LogP contribution is -2.35. The first-order chi connectivity index (χ1) is 6.48. The normalized spacial score (nSPS) is 12.4. The van der Waals surface area contributed by atoms with Crippen molar-refractivity contribution in [1.82, 2.24) is 10.6 Å². The zero-order valence-corrected chi connectivity index (χ0v) is 10.6. The standard InChI is InChI=1S/C12H28N2/c1-6-13-7-8-14-10-12(4,5)9-11(2)3/h11,13-14H,6-10H2,1-5H3. The highest BCUT2D eigenvalue weighted by Gasteiger charge is 2.18. The predicted molar refractivity (Wildman–Crippen MR) is 64.6 cm³/mol. The molecule has 0 aromatic carbocycles. The first-order valence-corrected chi connectivity index (χ1v) is 5.89. The Kier molecular flexibility index (Phi) is 7.20. The van der Waals surface area contributed by atoms with Gasteiger partial charge < -0.3 is 10.6 Å². The monoisotopic (exact) mass is 200 g/mol. The maximum atomic E-state index is 3.50. The molecule has 0 aliphatic carbocycles.